The molecule has 0 aliphatic heterocycles. The second-order valence-electron chi connectivity index (χ2n) is 6.02. The van der Waals surface area contributed by atoms with Crippen molar-refractivity contribution in [1.82, 2.24) is 24.4 Å². The summed E-state index contributed by atoms with van der Waals surface area (Å²) in [6.45, 7) is 2.49. The molecule has 0 bridgehead atoms. The summed E-state index contributed by atoms with van der Waals surface area (Å²) in [5.41, 5.74) is 0.909. The fraction of sp³-hybridized carbons (Fsp3) is 0.278. The molecule has 1 atom stereocenters. The summed E-state index contributed by atoms with van der Waals surface area (Å²) in [6.07, 6.45) is 6.94. The largest absolute Gasteiger partial charge is 0.367 e. The third kappa shape index (κ3) is 4.00. The van der Waals surface area contributed by atoms with Crippen LogP contribution in [0.5, 0.6) is 0 Å². The molecule has 7 heteroatoms. The van der Waals surface area contributed by atoms with E-state index in [1.54, 1.807) is 30.7 Å². The zero-order chi connectivity index (χ0) is 17.8. The molecule has 2 aromatic heterocycles. The first kappa shape index (κ1) is 17.0. The van der Waals surface area contributed by atoms with Gasteiger partial charge in [0.25, 0.3) is 0 Å². The predicted molar refractivity (Wildman–Crippen MR) is 95.2 cm³/mol. The maximum atomic E-state index is 13.5. The van der Waals surface area contributed by atoms with E-state index in [2.05, 4.69) is 20.3 Å². The van der Waals surface area contributed by atoms with Crippen LogP contribution in [0.2, 0.25) is 0 Å². The van der Waals surface area contributed by atoms with Gasteiger partial charge in [0.05, 0.1) is 18.4 Å². The molecule has 1 N–H and O–H groups in total. The summed E-state index contributed by atoms with van der Waals surface area (Å²) in [7, 11) is 3.93. The molecule has 0 fully saturated rings. The molecule has 0 spiro atoms. The van der Waals surface area contributed by atoms with Gasteiger partial charge in [-0.3, -0.25) is 9.55 Å². The lowest BCUT2D eigenvalue weighted by molar-refractivity contribution is 0.311. The lowest BCUT2D eigenvalue weighted by atomic mass is 10.1. The lowest BCUT2D eigenvalue weighted by Gasteiger charge is -2.25. The Morgan fingerprint density at radius 2 is 2.12 bits per heavy atom. The first-order valence-corrected chi connectivity index (χ1v) is 8.02. The predicted octanol–water partition coefficient (Wildman–Crippen LogP) is 2.82. The first-order valence-electron chi connectivity index (χ1n) is 8.02. The van der Waals surface area contributed by atoms with Crippen LogP contribution in [0.25, 0.3) is 5.82 Å². The van der Waals surface area contributed by atoms with Crippen LogP contribution in [-0.4, -0.2) is 45.1 Å². The zero-order valence-electron chi connectivity index (χ0n) is 14.5. The molecule has 2 heterocycles. The van der Waals surface area contributed by atoms with E-state index in [-0.39, 0.29) is 11.9 Å². The van der Waals surface area contributed by atoms with Crippen molar-refractivity contribution in [2.45, 2.75) is 13.0 Å². The standard InChI is InChI=1S/C18H21FN6/c1-13-21-7-8-25(13)18-12-20-11-17(23-18)22-10-16(24(2)3)14-5-4-6-15(19)9-14/h4-9,11-12,16H,10H2,1-3H3,(H,22,23)/t16-/m0/s1. The minimum atomic E-state index is -0.235. The molecule has 3 aromatic rings. The van der Waals surface area contributed by atoms with E-state index >= 15 is 0 Å². The smallest absolute Gasteiger partial charge is 0.159 e. The number of likely N-dealkylation sites (N-methyl/N-ethyl adjacent to an activating group) is 1. The van der Waals surface area contributed by atoms with Gasteiger partial charge in [-0.2, -0.15) is 0 Å². The van der Waals surface area contributed by atoms with E-state index in [1.165, 1.54) is 6.07 Å². The maximum Gasteiger partial charge on any atom is 0.159 e. The second-order valence-corrected chi connectivity index (χ2v) is 6.02. The molecule has 0 unspecified atom stereocenters. The Morgan fingerprint density at radius 1 is 1.28 bits per heavy atom. The number of hydrogen-bond donors (Lipinski definition) is 1. The van der Waals surface area contributed by atoms with Crippen molar-refractivity contribution in [2.75, 3.05) is 26.0 Å². The maximum absolute atomic E-state index is 13.5. The summed E-state index contributed by atoms with van der Waals surface area (Å²) in [6, 6.07) is 6.67. The van der Waals surface area contributed by atoms with Gasteiger partial charge < -0.3 is 10.2 Å². The fourth-order valence-electron chi connectivity index (χ4n) is 2.69. The van der Waals surface area contributed by atoms with Crippen LogP contribution in [0.3, 0.4) is 0 Å². The highest BCUT2D eigenvalue weighted by molar-refractivity contribution is 5.37. The quantitative estimate of drug-likeness (QED) is 0.748. The van der Waals surface area contributed by atoms with Gasteiger partial charge in [-0.05, 0) is 38.7 Å². The van der Waals surface area contributed by atoms with E-state index in [0.717, 1.165) is 11.4 Å². The fourth-order valence-corrected chi connectivity index (χ4v) is 2.69. The van der Waals surface area contributed by atoms with Gasteiger partial charge in [-0.15, -0.1) is 0 Å². The molecule has 0 radical (unpaired) electrons. The van der Waals surface area contributed by atoms with Crippen LogP contribution in [0, 0.1) is 12.7 Å². The Labute approximate surface area is 146 Å². The molecule has 0 saturated heterocycles. The highest BCUT2D eigenvalue weighted by Crippen LogP contribution is 2.20. The highest BCUT2D eigenvalue weighted by atomic mass is 19.1. The number of nitrogens with one attached hydrogen (secondary N) is 1. The van der Waals surface area contributed by atoms with Crippen molar-refractivity contribution >= 4 is 5.82 Å². The Bertz CT molecular complexity index is 845. The number of imidazole rings is 1. The summed E-state index contributed by atoms with van der Waals surface area (Å²) < 4.78 is 15.4. The van der Waals surface area contributed by atoms with Gasteiger partial charge in [0.15, 0.2) is 5.82 Å². The summed E-state index contributed by atoms with van der Waals surface area (Å²) in [5, 5.41) is 3.29. The highest BCUT2D eigenvalue weighted by Gasteiger charge is 2.15. The molecule has 25 heavy (non-hydrogen) atoms. The number of rotatable bonds is 6. The number of anilines is 1. The van der Waals surface area contributed by atoms with Crippen LogP contribution >= 0.6 is 0 Å². The number of halogens is 1. The minimum absolute atomic E-state index is 0.0103. The molecular weight excluding hydrogens is 319 g/mol. The average molecular weight is 340 g/mol. The van der Waals surface area contributed by atoms with Crippen LogP contribution < -0.4 is 5.32 Å². The summed E-state index contributed by atoms with van der Waals surface area (Å²) in [4.78, 5) is 15.1. The minimum Gasteiger partial charge on any atom is -0.367 e. The van der Waals surface area contributed by atoms with Gasteiger partial charge in [-0.25, -0.2) is 14.4 Å². The summed E-state index contributed by atoms with van der Waals surface area (Å²) in [5.74, 6) is 1.97. The van der Waals surface area contributed by atoms with Crippen LogP contribution in [0.1, 0.15) is 17.4 Å². The van der Waals surface area contributed by atoms with Gasteiger partial charge in [-0.1, -0.05) is 12.1 Å². The van der Waals surface area contributed by atoms with Crippen LogP contribution in [0.15, 0.2) is 49.1 Å². The van der Waals surface area contributed by atoms with Gasteiger partial charge in [0.1, 0.15) is 17.5 Å². The number of nitrogens with zero attached hydrogens (tertiary/aromatic N) is 5. The van der Waals surface area contributed by atoms with E-state index in [0.29, 0.717) is 18.2 Å². The van der Waals surface area contributed by atoms with Gasteiger partial charge in [0, 0.05) is 18.9 Å². The van der Waals surface area contributed by atoms with Gasteiger partial charge >= 0.3 is 0 Å². The average Bonchev–Trinajstić information content (AvgIpc) is 3.01. The Kier molecular flexibility index (Phi) is 5.04. The van der Waals surface area contributed by atoms with Crippen molar-refractivity contribution in [3.8, 4) is 5.82 Å². The normalized spacial score (nSPS) is 12.4. The van der Waals surface area contributed by atoms with Gasteiger partial charge in [0.2, 0.25) is 0 Å². The van der Waals surface area contributed by atoms with Crippen LogP contribution in [0.4, 0.5) is 10.2 Å². The van der Waals surface area contributed by atoms with E-state index in [1.807, 2.05) is 42.7 Å². The van der Waals surface area contributed by atoms with Crippen molar-refractivity contribution in [3.05, 3.63) is 66.3 Å². The summed E-state index contributed by atoms with van der Waals surface area (Å²) >= 11 is 0. The molecule has 6 nitrogen and oxygen atoms in total. The lowest BCUT2D eigenvalue weighted by Crippen LogP contribution is -2.27. The number of hydrogen-bond acceptors (Lipinski definition) is 5. The first-order chi connectivity index (χ1) is 12.0. The number of aryl methyl sites for hydroxylation is 1. The monoisotopic (exact) mass is 340 g/mol. The van der Waals surface area contributed by atoms with Crippen molar-refractivity contribution < 1.29 is 4.39 Å². The van der Waals surface area contributed by atoms with Crippen molar-refractivity contribution in [2.24, 2.45) is 0 Å². The zero-order valence-corrected chi connectivity index (χ0v) is 14.5. The molecule has 3 rings (SSSR count). The number of aromatic nitrogens is 4. The molecule has 0 aliphatic carbocycles. The topological polar surface area (TPSA) is 58.9 Å². The Balaban J connectivity index is 1.77. The Morgan fingerprint density at radius 3 is 2.80 bits per heavy atom. The van der Waals surface area contributed by atoms with Crippen LogP contribution in [-0.2, 0) is 0 Å². The molecular formula is C18H21FN6. The number of benzene rings is 1. The third-order valence-electron chi connectivity index (χ3n) is 4.03. The van der Waals surface area contributed by atoms with E-state index in [4.69, 9.17) is 0 Å². The molecule has 1 aromatic carbocycles. The third-order valence-corrected chi connectivity index (χ3v) is 4.03. The second kappa shape index (κ2) is 7.40. The molecule has 0 saturated carbocycles. The Hall–Kier alpha value is -2.80. The molecule has 130 valence electrons. The van der Waals surface area contributed by atoms with E-state index in [9.17, 15) is 4.39 Å². The van der Waals surface area contributed by atoms with E-state index < -0.39 is 0 Å². The van der Waals surface area contributed by atoms with Crippen molar-refractivity contribution in [1.29, 1.82) is 0 Å². The SMILES string of the molecule is Cc1nccn1-c1cncc(NC[C@@H](c2cccc(F)c2)N(C)C)n1. The molecule has 0 amide bonds. The molecule has 0 aliphatic rings. The van der Waals surface area contributed by atoms with Crippen molar-refractivity contribution in [3.63, 3.8) is 0 Å².